The van der Waals surface area contributed by atoms with Gasteiger partial charge in [-0.15, -0.1) is 0 Å². The molecule has 4 heteroatoms. The van der Waals surface area contributed by atoms with Gasteiger partial charge in [0.15, 0.2) is 0 Å². The number of rotatable bonds is 5. The number of β-amino-alcohol motifs (C(OH)–C–C–N with tert-alkyl or cyclic N) is 1. The highest BCUT2D eigenvalue weighted by Gasteiger charge is 2.28. The Bertz CT molecular complexity index is 229. The molecule has 1 saturated heterocycles. The van der Waals surface area contributed by atoms with Crippen LogP contribution in [0.1, 0.15) is 39.5 Å². The van der Waals surface area contributed by atoms with Crippen molar-refractivity contribution in [2.75, 3.05) is 13.1 Å². The fraction of sp³-hybridized carbons (Fsp3) is 0.917. The summed E-state index contributed by atoms with van der Waals surface area (Å²) in [5.74, 6) is 0.280. The summed E-state index contributed by atoms with van der Waals surface area (Å²) in [7, 11) is 0. The lowest BCUT2D eigenvalue weighted by Gasteiger charge is -2.33. The summed E-state index contributed by atoms with van der Waals surface area (Å²) in [5.41, 5.74) is 5.71. The molecule has 94 valence electrons. The molecule has 3 N–H and O–H groups in total. The van der Waals surface area contributed by atoms with Gasteiger partial charge in [0.2, 0.25) is 5.91 Å². The molecule has 4 nitrogen and oxygen atoms in total. The van der Waals surface area contributed by atoms with E-state index < -0.39 is 6.10 Å². The fourth-order valence-electron chi connectivity index (χ4n) is 2.36. The summed E-state index contributed by atoms with van der Waals surface area (Å²) >= 11 is 0. The first-order valence-electron chi connectivity index (χ1n) is 6.32. The second kappa shape index (κ2) is 6.21. The Labute approximate surface area is 97.8 Å². The van der Waals surface area contributed by atoms with Crippen LogP contribution in [0.4, 0.5) is 0 Å². The summed E-state index contributed by atoms with van der Waals surface area (Å²) in [4.78, 5) is 13.5. The van der Waals surface area contributed by atoms with Crippen molar-refractivity contribution in [3.8, 4) is 0 Å². The maximum absolute atomic E-state index is 11.7. The average Bonchev–Trinajstić information content (AvgIpc) is 2.26. The summed E-state index contributed by atoms with van der Waals surface area (Å²) in [5, 5.41) is 10.0. The predicted octanol–water partition coefficient (Wildman–Crippen LogP) is 0.733. The number of hydrogen-bond donors (Lipinski definition) is 2. The normalized spacial score (nSPS) is 23.9. The Morgan fingerprint density at radius 2 is 2.12 bits per heavy atom. The first-order valence-corrected chi connectivity index (χ1v) is 6.32. The van der Waals surface area contributed by atoms with E-state index in [-0.39, 0.29) is 17.9 Å². The molecule has 1 aliphatic heterocycles. The summed E-state index contributed by atoms with van der Waals surface area (Å²) < 4.78 is 0. The molecule has 1 aliphatic rings. The van der Waals surface area contributed by atoms with E-state index in [2.05, 4.69) is 13.8 Å². The second-order valence-electron chi connectivity index (χ2n) is 4.68. The van der Waals surface area contributed by atoms with Gasteiger partial charge in [0.25, 0.3) is 0 Å². The van der Waals surface area contributed by atoms with Crippen molar-refractivity contribution >= 4 is 5.91 Å². The van der Waals surface area contributed by atoms with Crippen LogP contribution in [0, 0.1) is 5.92 Å². The largest absolute Gasteiger partial charge is 0.391 e. The van der Waals surface area contributed by atoms with Gasteiger partial charge in [-0.2, -0.15) is 0 Å². The van der Waals surface area contributed by atoms with Crippen LogP contribution < -0.4 is 5.73 Å². The zero-order valence-corrected chi connectivity index (χ0v) is 10.4. The van der Waals surface area contributed by atoms with E-state index in [4.69, 9.17) is 5.73 Å². The van der Waals surface area contributed by atoms with Crippen LogP contribution in [0.15, 0.2) is 0 Å². The number of amides is 1. The number of aliphatic hydroxyl groups is 1. The number of nitrogens with zero attached hydrogens (tertiary/aromatic N) is 1. The van der Waals surface area contributed by atoms with Gasteiger partial charge in [-0.05, 0) is 18.8 Å². The van der Waals surface area contributed by atoms with Crippen molar-refractivity contribution in [1.29, 1.82) is 0 Å². The minimum absolute atomic E-state index is 0.00347. The number of nitrogens with two attached hydrogens (primary N) is 1. The Morgan fingerprint density at radius 3 is 2.69 bits per heavy atom. The van der Waals surface area contributed by atoms with Crippen LogP contribution in [0.3, 0.4) is 0 Å². The van der Waals surface area contributed by atoms with E-state index in [0.717, 1.165) is 32.2 Å². The average molecular weight is 228 g/mol. The highest BCUT2D eigenvalue weighted by molar-refractivity contribution is 5.82. The van der Waals surface area contributed by atoms with E-state index in [1.807, 2.05) is 0 Å². The van der Waals surface area contributed by atoms with Crippen molar-refractivity contribution in [3.05, 3.63) is 0 Å². The molecule has 0 bridgehead atoms. The van der Waals surface area contributed by atoms with Gasteiger partial charge in [0.1, 0.15) is 0 Å². The molecule has 1 fully saturated rings. The van der Waals surface area contributed by atoms with Crippen LogP contribution in [-0.2, 0) is 4.79 Å². The number of hydrogen-bond acceptors (Lipinski definition) is 3. The number of aliphatic hydroxyl groups excluding tert-OH is 1. The molecule has 1 rings (SSSR count). The number of carbonyl (C=O) groups is 1. The molecular weight excluding hydrogens is 204 g/mol. The molecule has 0 saturated carbocycles. The van der Waals surface area contributed by atoms with Gasteiger partial charge in [-0.25, -0.2) is 0 Å². The molecule has 1 amide bonds. The van der Waals surface area contributed by atoms with Gasteiger partial charge >= 0.3 is 0 Å². The third kappa shape index (κ3) is 3.19. The molecule has 2 atom stereocenters. The minimum Gasteiger partial charge on any atom is -0.391 e. The molecule has 16 heavy (non-hydrogen) atoms. The van der Waals surface area contributed by atoms with Crippen molar-refractivity contribution < 1.29 is 9.90 Å². The summed E-state index contributed by atoms with van der Waals surface area (Å²) in [6.07, 6.45) is 3.21. The van der Waals surface area contributed by atoms with Crippen LogP contribution in [0.5, 0.6) is 0 Å². The Balaban J connectivity index is 2.49. The zero-order chi connectivity index (χ0) is 12.1. The molecule has 0 aromatic heterocycles. The maximum atomic E-state index is 11.7. The topological polar surface area (TPSA) is 66.6 Å². The Morgan fingerprint density at radius 1 is 1.50 bits per heavy atom. The summed E-state index contributed by atoms with van der Waals surface area (Å²) in [6, 6.07) is -0.359. The fourth-order valence-corrected chi connectivity index (χ4v) is 2.36. The van der Waals surface area contributed by atoms with Crippen molar-refractivity contribution in [2.24, 2.45) is 11.7 Å². The van der Waals surface area contributed by atoms with Crippen molar-refractivity contribution in [3.63, 3.8) is 0 Å². The summed E-state index contributed by atoms with van der Waals surface area (Å²) in [6.45, 7) is 5.32. The predicted molar refractivity (Wildman–Crippen MR) is 63.9 cm³/mol. The molecule has 1 heterocycles. The Kier molecular flexibility index (Phi) is 5.22. The number of carbonyl (C=O) groups excluding carboxylic acids is 1. The lowest BCUT2D eigenvalue weighted by atomic mass is 9.95. The van der Waals surface area contributed by atoms with Gasteiger partial charge in [-0.1, -0.05) is 26.7 Å². The highest BCUT2D eigenvalue weighted by Crippen LogP contribution is 2.17. The van der Waals surface area contributed by atoms with Crippen LogP contribution in [0.25, 0.3) is 0 Å². The quantitative estimate of drug-likeness (QED) is 0.729. The van der Waals surface area contributed by atoms with Crippen LogP contribution >= 0.6 is 0 Å². The molecular formula is C12H24N2O2. The van der Waals surface area contributed by atoms with Crippen LogP contribution in [-0.4, -0.2) is 41.1 Å². The highest BCUT2D eigenvalue weighted by atomic mass is 16.3. The van der Waals surface area contributed by atoms with Crippen molar-refractivity contribution in [1.82, 2.24) is 4.90 Å². The van der Waals surface area contributed by atoms with Gasteiger partial charge in [0.05, 0.1) is 12.1 Å². The van der Waals surface area contributed by atoms with Gasteiger partial charge in [0, 0.05) is 13.1 Å². The lowest BCUT2D eigenvalue weighted by Crippen LogP contribution is -2.51. The van der Waals surface area contributed by atoms with Gasteiger partial charge < -0.3 is 15.7 Å². The monoisotopic (exact) mass is 228 g/mol. The minimum atomic E-state index is -0.413. The van der Waals surface area contributed by atoms with Gasteiger partial charge in [-0.3, -0.25) is 4.79 Å². The third-order valence-electron chi connectivity index (χ3n) is 3.57. The van der Waals surface area contributed by atoms with E-state index >= 15 is 0 Å². The number of piperidine rings is 1. The molecule has 0 radical (unpaired) electrons. The van der Waals surface area contributed by atoms with E-state index in [1.165, 1.54) is 0 Å². The molecule has 0 spiro atoms. The van der Waals surface area contributed by atoms with E-state index in [0.29, 0.717) is 6.54 Å². The standard InChI is InChI=1S/C12H24N2O2/c1-3-9(4-2)11(15)8-14-7-5-6-10(13)12(14)16/h9-11,15H,3-8,13H2,1-2H3. The van der Waals surface area contributed by atoms with Crippen LogP contribution in [0.2, 0.25) is 0 Å². The zero-order valence-electron chi connectivity index (χ0n) is 10.4. The first kappa shape index (κ1) is 13.5. The molecule has 0 aromatic carbocycles. The Hall–Kier alpha value is -0.610. The molecule has 2 unspecified atom stereocenters. The molecule has 0 aromatic rings. The maximum Gasteiger partial charge on any atom is 0.239 e. The molecule has 0 aliphatic carbocycles. The SMILES string of the molecule is CCC(CC)C(O)CN1CCCC(N)C1=O. The first-order chi connectivity index (χ1) is 7.60. The second-order valence-corrected chi connectivity index (χ2v) is 4.68. The smallest absolute Gasteiger partial charge is 0.239 e. The van der Waals surface area contributed by atoms with Crippen molar-refractivity contribution in [2.45, 2.75) is 51.7 Å². The number of likely N-dealkylation sites (tertiary alicyclic amines) is 1. The van der Waals surface area contributed by atoms with E-state index in [9.17, 15) is 9.90 Å². The lowest BCUT2D eigenvalue weighted by molar-refractivity contribution is -0.137. The van der Waals surface area contributed by atoms with E-state index in [1.54, 1.807) is 4.90 Å². The third-order valence-corrected chi connectivity index (χ3v) is 3.57.